The van der Waals surface area contributed by atoms with E-state index in [1.807, 2.05) is 0 Å². The lowest BCUT2D eigenvalue weighted by Gasteiger charge is -2.41. The van der Waals surface area contributed by atoms with Crippen molar-refractivity contribution in [1.82, 2.24) is 5.32 Å². The molecule has 4 N–H and O–H groups in total. The lowest BCUT2D eigenvalue weighted by Crippen LogP contribution is -2.50. The smallest absolute Gasteiger partial charge is 0.0875 e. The molecule has 1 fully saturated rings. The highest BCUT2D eigenvalue weighted by Gasteiger charge is 2.40. The minimum absolute atomic E-state index is 0.0548. The van der Waals surface area contributed by atoms with Gasteiger partial charge in [-0.2, -0.15) is 0 Å². The summed E-state index contributed by atoms with van der Waals surface area (Å²) >= 11 is 0. The van der Waals surface area contributed by atoms with Gasteiger partial charge in [-0.15, -0.1) is 0 Å². The van der Waals surface area contributed by atoms with Crippen molar-refractivity contribution in [2.24, 2.45) is 5.41 Å². The Morgan fingerprint density at radius 3 is 2.23 bits per heavy atom. The van der Waals surface area contributed by atoms with Crippen molar-refractivity contribution in [3.63, 3.8) is 0 Å². The molecule has 1 rings (SSSR count). The second-order valence-electron chi connectivity index (χ2n) is 3.96. The van der Waals surface area contributed by atoms with Gasteiger partial charge in [0, 0.05) is 5.41 Å². The third-order valence-electron chi connectivity index (χ3n) is 3.00. The maximum atomic E-state index is 9.76. The molecule has 0 bridgehead atoms. The van der Waals surface area contributed by atoms with Gasteiger partial charge in [-0.25, -0.2) is 0 Å². The number of piperidine rings is 1. The second kappa shape index (κ2) is 4.37. The largest absolute Gasteiger partial charge is 0.396 e. The maximum absolute atomic E-state index is 9.76. The van der Waals surface area contributed by atoms with Crippen LogP contribution in [0.4, 0.5) is 0 Å². The maximum Gasteiger partial charge on any atom is 0.0875 e. The predicted molar refractivity (Wildman–Crippen MR) is 49.3 cm³/mol. The molecule has 4 heteroatoms. The Hall–Kier alpha value is -0.160. The van der Waals surface area contributed by atoms with Crippen LogP contribution in [0.15, 0.2) is 0 Å². The number of rotatable bonds is 3. The minimum atomic E-state index is -0.820. The minimum Gasteiger partial charge on any atom is -0.396 e. The van der Waals surface area contributed by atoms with Crippen LogP contribution < -0.4 is 5.32 Å². The van der Waals surface area contributed by atoms with Crippen LogP contribution in [0, 0.1) is 5.41 Å². The molecule has 1 saturated heterocycles. The van der Waals surface area contributed by atoms with E-state index in [9.17, 15) is 15.3 Å². The SMILES string of the molecule is C[C@H](O)C(O)C1(CO)CCNCC1. The van der Waals surface area contributed by atoms with Gasteiger partial charge in [0.2, 0.25) is 0 Å². The molecule has 78 valence electrons. The van der Waals surface area contributed by atoms with Crippen LogP contribution in [0.25, 0.3) is 0 Å². The van der Waals surface area contributed by atoms with Crippen LogP contribution >= 0.6 is 0 Å². The van der Waals surface area contributed by atoms with Gasteiger partial charge in [-0.05, 0) is 32.9 Å². The normalized spacial score (nSPS) is 26.8. The van der Waals surface area contributed by atoms with Gasteiger partial charge in [-0.1, -0.05) is 0 Å². The van der Waals surface area contributed by atoms with Gasteiger partial charge in [0.15, 0.2) is 0 Å². The summed E-state index contributed by atoms with van der Waals surface area (Å²) in [4.78, 5) is 0. The van der Waals surface area contributed by atoms with E-state index >= 15 is 0 Å². The summed E-state index contributed by atoms with van der Waals surface area (Å²) in [6, 6.07) is 0. The molecule has 0 amide bonds. The summed E-state index contributed by atoms with van der Waals surface area (Å²) in [6.45, 7) is 3.10. The van der Waals surface area contributed by atoms with E-state index in [0.29, 0.717) is 0 Å². The second-order valence-corrected chi connectivity index (χ2v) is 3.96. The molecule has 1 aliphatic heterocycles. The highest BCUT2D eigenvalue weighted by molar-refractivity contribution is 4.92. The van der Waals surface area contributed by atoms with Crippen LogP contribution in [0.2, 0.25) is 0 Å². The lowest BCUT2D eigenvalue weighted by atomic mass is 9.73. The molecular formula is C9H19NO3. The van der Waals surface area contributed by atoms with E-state index in [1.54, 1.807) is 6.92 Å². The predicted octanol–water partition coefficient (Wildman–Crippen LogP) is -0.910. The molecule has 0 aromatic heterocycles. The lowest BCUT2D eigenvalue weighted by molar-refractivity contribution is -0.0938. The fourth-order valence-electron chi connectivity index (χ4n) is 1.98. The average molecular weight is 189 g/mol. The van der Waals surface area contributed by atoms with E-state index in [2.05, 4.69) is 5.32 Å². The summed E-state index contributed by atoms with van der Waals surface area (Å²) in [5.41, 5.74) is -0.501. The molecule has 0 saturated carbocycles. The first kappa shape index (κ1) is 10.9. The molecule has 0 radical (unpaired) electrons. The Kier molecular flexibility index (Phi) is 3.67. The topological polar surface area (TPSA) is 72.7 Å². The number of aliphatic hydroxyl groups is 3. The van der Waals surface area contributed by atoms with E-state index < -0.39 is 17.6 Å². The van der Waals surface area contributed by atoms with Crippen molar-refractivity contribution >= 4 is 0 Å². The number of nitrogens with one attached hydrogen (secondary N) is 1. The van der Waals surface area contributed by atoms with Crippen molar-refractivity contribution in [3.8, 4) is 0 Å². The number of hydrogen-bond acceptors (Lipinski definition) is 4. The molecular weight excluding hydrogens is 170 g/mol. The van der Waals surface area contributed by atoms with E-state index in [4.69, 9.17) is 0 Å². The molecule has 1 aliphatic rings. The molecule has 0 aromatic rings. The number of aliphatic hydroxyl groups excluding tert-OH is 3. The highest BCUT2D eigenvalue weighted by atomic mass is 16.3. The van der Waals surface area contributed by atoms with Gasteiger partial charge in [0.05, 0.1) is 18.8 Å². The van der Waals surface area contributed by atoms with Crippen molar-refractivity contribution in [1.29, 1.82) is 0 Å². The zero-order chi connectivity index (χ0) is 9.90. The van der Waals surface area contributed by atoms with Gasteiger partial charge in [-0.3, -0.25) is 0 Å². The summed E-state index contributed by atoms with van der Waals surface area (Å²) < 4.78 is 0. The van der Waals surface area contributed by atoms with E-state index in [-0.39, 0.29) is 6.61 Å². The average Bonchev–Trinajstić information content (AvgIpc) is 2.17. The molecule has 1 heterocycles. The van der Waals surface area contributed by atoms with Crippen molar-refractivity contribution in [2.75, 3.05) is 19.7 Å². The van der Waals surface area contributed by atoms with Gasteiger partial charge >= 0.3 is 0 Å². The monoisotopic (exact) mass is 189 g/mol. The Balaban J connectivity index is 2.66. The van der Waals surface area contributed by atoms with E-state index in [1.165, 1.54) is 0 Å². The fourth-order valence-corrected chi connectivity index (χ4v) is 1.98. The zero-order valence-corrected chi connectivity index (χ0v) is 8.03. The van der Waals surface area contributed by atoms with Crippen LogP contribution in [0.3, 0.4) is 0 Å². The molecule has 0 aromatic carbocycles. The molecule has 2 atom stereocenters. The van der Waals surface area contributed by atoms with Crippen LogP contribution in [-0.4, -0.2) is 47.2 Å². The van der Waals surface area contributed by atoms with Gasteiger partial charge < -0.3 is 20.6 Å². The summed E-state index contributed by atoms with van der Waals surface area (Å²) in [6.07, 6.45) is -0.157. The van der Waals surface area contributed by atoms with Crippen LogP contribution in [0.5, 0.6) is 0 Å². The highest BCUT2D eigenvalue weighted by Crippen LogP contribution is 2.33. The Labute approximate surface area is 78.6 Å². The first-order valence-corrected chi connectivity index (χ1v) is 4.80. The molecule has 0 aliphatic carbocycles. The van der Waals surface area contributed by atoms with Crippen molar-refractivity contribution in [3.05, 3.63) is 0 Å². The van der Waals surface area contributed by atoms with Crippen LogP contribution in [-0.2, 0) is 0 Å². The Morgan fingerprint density at radius 1 is 1.31 bits per heavy atom. The number of hydrogen-bond donors (Lipinski definition) is 4. The third kappa shape index (κ3) is 2.20. The summed E-state index contributed by atoms with van der Waals surface area (Å²) in [7, 11) is 0. The fraction of sp³-hybridized carbons (Fsp3) is 1.00. The zero-order valence-electron chi connectivity index (χ0n) is 8.03. The van der Waals surface area contributed by atoms with Crippen molar-refractivity contribution in [2.45, 2.75) is 32.0 Å². The molecule has 13 heavy (non-hydrogen) atoms. The third-order valence-corrected chi connectivity index (χ3v) is 3.00. The quantitative estimate of drug-likeness (QED) is 0.464. The van der Waals surface area contributed by atoms with E-state index in [0.717, 1.165) is 25.9 Å². The Morgan fingerprint density at radius 2 is 1.85 bits per heavy atom. The standard InChI is InChI=1S/C9H19NO3/c1-7(12)8(13)9(6-11)2-4-10-5-3-9/h7-8,10-13H,2-6H2,1H3/t7-,8?/m0/s1. The summed E-state index contributed by atoms with van der Waals surface area (Å²) in [5.74, 6) is 0. The van der Waals surface area contributed by atoms with Crippen molar-refractivity contribution < 1.29 is 15.3 Å². The first-order valence-electron chi connectivity index (χ1n) is 4.80. The van der Waals surface area contributed by atoms with Gasteiger partial charge in [0.25, 0.3) is 0 Å². The van der Waals surface area contributed by atoms with Crippen LogP contribution in [0.1, 0.15) is 19.8 Å². The molecule has 0 spiro atoms. The van der Waals surface area contributed by atoms with Gasteiger partial charge in [0.1, 0.15) is 0 Å². The first-order chi connectivity index (χ1) is 6.12. The molecule has 4 nitrogen and oxygen atoms in total. The Bertz CT molecular complexity index is 155. The molecule has 1 unspecified atom stereocenters. The summed E-state index contributed by atoms with van der Waals surface area (Å²) in [5, 5.41) is 31.5.